The van der Waals surface area contributed by atoms with Gasteiger partial charge in [-0.25, -0.2) is 4.98 Å². The number of halogens is 1. The number of hydrogen-bond donors (Lipinski definition) is 2. The summed E-state index contributed by atoms with van der Waals surface area (Å²) in [5.74, 6) is 2.02. The van der Waals surface area contributed by atoms with E-state index in [2.05, 4.69) is 36.5 Å². The van der Waals surface area contributed by atoms with E-state index >= 15 is 0 Å². The molecule has 2 heterocycles. The molecule has 6 heteroatoms. The molecule has 1 saturated heterocycles. The molecule has 1 aromatic heterocycles. The van der Waals surface area contributed by atoms with E-state index in [1.54, 1.807) is 6.20 Å². The molecule has 0 amide bonds. The van der Waals surface area contributed by atoms with Gasteiger partial charge in [-0.1, -0.05) is 0 Å². The van der Waals surface area contributed by atoms with E-state index in [4.69, 9.17) is 4.74 Å². The Morgan fingerprint density at radius 2 is 2.47 bits per heavy atom. The van der Waals surface area contributed by atoms with Gasteiger partial charge in [0.2, 0.25) is 5.95 Å². The van der Waals surface area contributed by atoms with Crippen molar-refractivity contribution in [3.8, 4) is 0 Å². The van der Waals surface area contributed by atoms with Crippen LogP contribution in [0.2, 0.25) is 0 Å². The summed E-state index contributed by atoms with van der Waals surface area (Å²) in [6, 6.07) is 0. The van der Waals surface area contributed by atoms with Crippen molar-refractivity contribution in [1.82, 2.24) is 9.97 Å². The van der Waals surface area contributed by atoms with Crippen LogP contribution in [0.5, 0.6) is 0 Å². The lowest BCUT2D eigenvalue weighted by Gasteiger charge is -2.22. The van der Waals surface area contributed by atoms with Gasteiger partial charge in [0.15, 0.2) is 0 Å². The Labute approximate surface area is 110 Å². The van der Waals surface area contributed by atoms with Gasteiger partial charge in [0.05, 0.1) is 11.1 Å². The minimum absolute atomic E-state index is 0.573. The van der Waals surface area contributed by atoms with Crippen LogP contribution in [-0.4, -0.2) is 36.8 Å². The van der Waals surface area contributed by atoms with Gasteiger partial charge in [0, 0.05) is 26.4 Å². The monoisotopic (exact) mass is 300 g/mol. The number of rotatable bonds is 4. The van der Waals surface area contributed by atoms with Gasteiger partial charge in [0.25, 0.3) is 0 Å². The van der Waals surface area contributed by atoms with Crippen molar-refractivity contribution in [2.24, 2.45) is 5.92 Å². The van der Waals surface area contributed by atoms with Gasteiger partial charge in [-0.3, -0.25) is 0 Å². The highest BCUT2D eigenvalue weighted by Gasteiger charge is 2.14. The van der Waals surface area contributed by atoms with Crippen LogP contribution in [0.1, 0.15) is 12.8 Å². The maximum atomic E-state index is 5.45. The summed E-state index contributed by atoms with van der Waals surface area (Å²) in [5, 5.41) is 6.26. The fourth-order valence-corrected chi connectivity index (χ4v) is 2.15. The van der Waals surface area contributed by atoms with Crippen molar-refractivity contribution in [2.45, 2.75) is 12.8 Å². The lowest BCUT2D eigenvalue weighted by molar-refractivity contribution is 0.0595. The highest BCUT2D eigenvalue weighted by atomic mass is 79.9. The van der Waals surface area contributed by atoms with Crippen LogP contribution in [0.25, 0.3) is 0 Å². The molecular weight excluding hydrogens is 284 g/mol. The molecule has 0 saturated carbocycles. The van der Waals surface area contributed by atoms with Gasteiger partial charge in [-0.15, -0.1) is 0 Å². The Kier molecular flexibility index (Phi) is 4.56. The SMILES string of the molecule is CNc1ncc(Br)c(NCC2CCCOC2)n1. The molecule has 1 aliphatic rings. The normalized spacial score (nSPS) is 20.0. The summed E-state index contributed by atoms with van der Waals surface area (Å²) >= 11 is 3.44. The fourth-order valence-electron chi connectivity index (χ4n) is 1.82. The topological polar surface area (TPSA) is 59.1 Å². The Balaban J connectivity index is 1.92. The van der Waals surface area contributed by atoms with Crippen molar-refractivity contribution in [3.63, 3.8) is 0 Å². The molecule has 0 aromatic carbocycles. The number of hydrogen-bond acceptors (Lipinski definition) is 5. The average molecular weight is 301 g/mol. The number of ether oxygens (including phenoxy) is 1. The lowest BCUT2D eigenvalue weighted by Crippen LogP contribution is -2.24. The van der Waals surface area contributed by atoms with Gasteiger partial charge in [-0.05, 0) is 34.7 Å². The first-order valence-corrected chi connectivity index (χ1v) is 6.61. The predicted molar refractivity (Wildman–Crippen MR) is 71.3 cm³/mol. The minimum Gasteiger partial charge on any atom is -0.381 e. The van der Waals surface area contributed by atoms with Crippen molar-refractivity contribution in [2.75, 3.05) is 37.4 Å². The van der Waals surface area contributed by atoms with Crippen molar-refractivity contribution < 1.29 is 4.74 Å². The van der Waals surface area contributed by atoms with E-state index in [0.717, 1.165) is 36.5 Å². The smallest absolute Gasteiger partial charge is 0.224 e. The average Bonchev–Trinajstić information content (AvgIpc) is 2.39. The summed E-state index contributed by atoms with van der Waals surface area (Å²) in [6.07, 6.45) is 4.12. The maximum Gasteiger partial charge on any atom is 0.224 e. The molecule has 0 aliphatic carbocycles. The van der Waals surface area contributed by atoms with Gasteiger partial charge in [-0.2, -0.15) is 4.98 Å². The number of anilines is 2. The highest BCUT2D eigenvalue weighted by molar-refractivity contribution is 9.10. The van der Waals surface area contributed by atoms with Crippen molar-refractivity contribution >= 4 is 27.7 Å². The molecule has 0 bridgehead atoms. The predicted octanol–water partition coefficient (Wildman–Crippen LogP) is 2.12. The molecule has 17 heavy (non-hydrogen) atoms. The van der Waals surface area contributed by atoms with E-state index in [1.165, 1.54) is 6.42 Å². The highest BCUT2D eigenvalue weighted by Crippen LogP contribution is 2.21. The Morgan fingerprint density at radius 1 is 1.59 bits per heavy atom. The molecule has 0 spiro atoms. The quantitative estimate of drug-likeness (QED) is 0.892. The fraction of sp³-hybridized carbons (Fsp3) is 0.636. The third-order valence-corrected chi connectivity index (χ3v) is 3.36. The second kappa shape index (κ2) is 6.16. The summed E-state index contributed by atoms with van der Waals surface area (Å²) in [4.78, 5) is 8.47. The van der Waals surface area contributed by atoms with E-state index in [1.807, 2.05) is 7.05 Å². The third-order valence-electron chi connectivity index (χ3n) is 2.78. The van der Waals surface area contributed by atoms with Crippen molar-refractivity contribution in [3.05, 3.63) is 10.7 Å². The Morgan fingerprint density at radius 3 is 3.18 bits per heavy atom. The molecule has 94 valence electrons. The molecule has 1 aliphatic heterocycles. The van der Waals surface area contributed by atoms with Gasteiger partial charge >= 0.3 is 0 Å². The first-order valence-electron chi connectivity index (χ1n) is 5.81. The second-order valence-electron chi connectivity index (χ2n) is 4.10. The first-order chi connectivity index (χ1) is 8.29. The number of nitrogens with zero attached hydrogens (tertiary/aromatic N) is 2. The lowest BCUT2D eigenvalue weighted by atomic mass is 10.0. The molecular formula is C11H17BrN4O. The van der Waals surface area contributed by atoms with Crippen molar-refractivity contribution in [1.29, 1.82) is 0 Å². The summed E-state index contributed by atoms with van der Waals surface area (Å²) in [5.41, 5.74) is 0. The van der Waals surface area contributed by atoms with E-state index in [0.29, 0.717) is 11.9 Å². The molecule has 5 nitrogen and oxygen atoms in total. The Bertz CT molecular complexity index is 368. The van der Waals surface area contributed by atoms with E-state index in [9.17, 15) is 0 Å². The minimum atomic E-state index is 0.573. The number of aromatic nitrogens is 2. The van der Waals surface area contributed by atoms with Gasteiger partial charge < -0.3 is 15.4 Å². The second-order valence-corrected chi connectivity index (χ2v) is 4.96. The van der Waals surface area contributed by atoms with Crippen LogP contribution in [0.3, 0.4) is 0 Å². The third kappa shape index (κ3) is 3.54. The Hall–Kier alpha value is -0.880. The standard InChI is InChI=1S/C11H17BrN4O/c1-13-11-15-6-9(12)10(16-11)14-5-8-3-2-4-17-7-8/h6,8H,2-5,7H2,1H3,(H2,13,14,15,16). The van der Waals surface area contributed by atoms with E-state index < -0.39 is 0 Å². The molecule has 0 radical (unpaired) electrons. The zero-order valence-electron chi connectivity index (χ0n) is 9.87. The van der Waals surface area contributed by atoms with Crippen LogP contribution >= 0.6 is 15.9 Å². The molecule has 1 fully saturated rings. The first kappa shape index (κ1) is 12.6. The summed E-state index contributed by atoms with van der Waals surface area (Å²) < 4.78 is 6.33. The van der Waals surface area contributed by atoms with Crippen LogP contribution in [0, 0.1) is 5.92 Å². The largest absolute Gasteiger partial charge is 0.381 e. The zero-order chi connectivity index (χ0) is 12.1. The summed E-state index contributed by atoms with van der Waals surface area (Å²) in [6.45, 7) is 2.63. The van der Waals surface area contributed by atoms with Crippen LogP contribution in [0.15, 0.2) is 10.7 Å². The van der Waals surface area contributed by atoms with Crippen LogP contribution < -0.4 is 10.6 Å². The maximum absolute atomic E-state index is 5.45. The number of nitrogens with one attached hydrogen (secondary N) is 2. The summed E-state index contributed by atoms with van der Waals surface area (Å²) in [7, 11) is 1.81. The molecule has 1 aromatic rings. The van der Waals surface area contributed by atoms with Gasteiger partial charge in [0.1, 0.15) is 5.82 Å². The molecule has 1 unspecified atom stereocenters. The molecule has 2 N–H and O–H groups in total. The zero-order valence-corrected chi connectivity index (χ0v) is 11.5. The molecule has 2 rings (SSSR count). The van der Waals surface area contributed by atoms with Crippen LogP contribution in [-0.2, 0) is 4.74 Å². The van der Waals surface area contributed by atoms with E-state index in [-0.39, 0.29) is 0 Å². The molecule has 1 atom stereocenters. The van der Waals surface area contributed by atoms with Crippen LogP contribution in [0.4, 0.5) is 11.8 Å².